The molecule has 0 fully saturated rings. The molecular weight excluding hydrogens is 372 g/mol. The first-order valence-corrected chi connectivity index (χ1v) is 7.98. The van der Waals surface area contributed by atoms with Crippen LogP contribution in [0.4, 0.5) is 4.79 Å². The Hall–Kier alpha value is -2.69. The molecule has 28 heavy (non-hydrogen) atoms. The molecule has 1 amide bonds. The zero-order valence-corrected chi connectivity index (χ0v) is 15.6. The van der Waals surface area contributed by atoms with Crippen molar-refractivity contribution in [2.45, 2.75) is 32.1 Å². The summed E-state index contributed by atoms with van der Waals surface area (Å²) in [6.07, 6.45) is -5.08. The van der Waals surface area contributed by atoms with E-state index in [2.05, 4.69) is 0 Å². The van der Waals surface area contributed by atoms with Gasteiger partial charge in [0.25, 0.3) is 0 Å². The smallest absolute Gasteiger partial charge is 0.414 e. The molecule has 0 aliphatic rings. The molecule has 0 aliphatic heterocycles. The molecule has 1 rings (SSSR count). The Kier molecular flexibility index (Phi) is 6.92. The van der Waals surface area contributed by atoms with Crippen LogP contribution in [0.5, 0.6) is 5.75 Å². The molecular formula is C18H28N2O8. The van der Waals surface area contributed by atoms with Crippen LogP contribution in [-0.4, -0.2) is 88.0 Å². The third-order valence-corrected chi connectivity index (χ3v) is 3.52. The summed E-state index contributed by atoms with van der Waals surface area (Å²) in [6.45, 7) is -1.83. The minimum Gasteiger partial charge on any atom is -0.479 e. The molecule has 0 aromatic heterocycles. The van der Waals surface area contributed by atoms with Gasteiger partial charge in [0.05, 0.1) is 0 Å². The summed E-state index contributed by atoms with van der Waals surface area (Å²) in [5, 5.41) is 32.5. The molecule has 1 unspecified atom stereocenters. The highest BCUT2D eigenvalue weighted by Gasteiger charge is 2.29. The number of aliphatic hydroxyl groups is 2. The van der Waals surface area contributed by atoms with Gasteiger partial charge < -0.3 is 35.0 Å². The van der Waals surface area contributed by atoms with Crippen LogP contribution in [0.3, 0.4) is 0 Å². The van der Waals surface area contributed by atoms with Crippen LogP contribution in [-0.2, 0) is 9.59 Å². The lowest BCUT2D eigenvalue weighted by atomic mass is 10.1. The van der Waals surface area contributed by atoms with E-state index >= 15 is 0 Å². The number of aliphatic carboxylic acids is 2. The number of hydrogen-bond acceptors (Lipinski definition) is 7. The molecule has 10 heteroatoms. The highest BCUT2D eigenvalue weighted by Crippen LogP contribution is 2.22. The maximum Gasteiger partial charge on any atom is 0.414 e. The molecule has 4 N–H and O–H groups in total. The molecule has 3 atom stereocenters. The summed E-state index contributed by atoms with van der Waals surface area (Å²) in [6, 6.07) is 5.27. The zero-order valence-electron chi connectivity index (χ0n) is 21.6. The van der Waals surface area contributed by atoms with Gasteiger partial charge in [0.15, 0.2) is 12.2 Å². The van der Waals surface area contributed by atoms with Crippen LogP contribution >= 0.6 is 0 Å². The maximum absolute atomic E-state index is 11.8. The van der Waals surface area contributed by atoms with Crippen LogP contribution in [0.1, 0.15) is 33.7 Å². The predicted molar refractivity (Wildman–Crippen MR) is 100 cm³/mol. The van der Waals surface area contributed by atoms with Crippen molar-refractivity contribution in [3.8, 4) is 5.75 Å². The molecule has 0 bridgehead atoms. The van der Waals surface area contributed by atoms with Gasteiger partial charge >= 0.3 is 18.0 Å². The van der Waals surface area contributed by atoms with Gasteiger partial charge in [-0.3, -0.25) is 0 Å². The average Bonchev–Trinajstić information content (AvgIpc) is 2.70. The monoisotopic (exact) mass is 406 g/mol. The van der Waals surface area contributed by atoms with Crippen LogP contribution in [0.15, 0.2) is 24.3 Å². The van der Waals surface area contributed by atoms with Crippen LogP contribution in [0.2, 0.25) is 0 Å². The molecule has 0 saturated heterocycles. The fraction of sp³-hybridized carbons (Fsp3) is 0.500. The van der Waals surface area contributed by atoms with E-state index in [-0.39, 0.29) is 5.75 Å². The first kappa shape index (κ1) is 16.3. The topological polar surface area (TPSA) is 148 Å². The van der Waals surface area contributed by atoms with Crippen LogP contribution in [0, 0.1) is 0 Å². The van der Waals surface area contributed by atoms with Gasteiger partial charge in [-0.2, -0.15) is 0 Å². The van der Waals surface area contributed by atoms with Crippen molar-refractivity contribution >= 4 is 18.0 Å². The molecule has 1 aromatic carbocycles. The minimum absolute atomic E-state index is 0.223. The van der Waals surface area contributed by atoms with Crippen molar-refractivity contribution < 1.29 is 47.8 Å². The van der Waals surface area contributed by atoms with Gasteiger partial charge in [-0.25, -0.2) is 14.4 Å². The molecule has 10 nitrogen and oxygen atoms in total. The molecule has 0 spiro atoms. The lowest BCUT2D eigenvalue weighted by molar-refractivity contribution is -0.165. The quantitative estimate of drug-likeness (QED) is 0.512. The predicted octanol–water partition coefficient (Wildman–Crippen LogP) is 0.637. The van der Waals surface area contributed by atoms with E-state index in [4.69, 9.17) is 33.4 Å². The van der Waals surface area contributed by atoms with Gasteiger partial charge in [0.2, 0.25) is 0 Å². The molecule has 0 heterocycles. The number of carboxylic acid groups (broad SMARTS) is 2. The second kappa shape index (κ2) is 11.9. The first-order chi connectivity index (χ1) is 15.3. The number of carboxylic acids is 2. The summed E-state index contributed by atoms with van der Waals surface area (Å²) in [5.41, 5.74) is 0.423. The van der Waals surface area contributed by atoms with Gasteiger partial charge in [-0.1, -0.05) is 12.1 Å². The number of hydrogen-bond donors (Lipinski definition) is 4. The Labute approximate surface area is 172 Å². The number of carbonyl (C=O) groups is 3. The normalized spacial score (nSPS) is 17.6. The Morgan fingerprint density at radius 1 is 1.14 bits per heavy atom. The third kappa shape index (κ3) is 8.33. The van der Waals surface area contributed by atoms with E-state index in [1.165, 1.54) is 17.9 Å². The standard InChI is InChI=1S/C14H22N2O2.C4H6O6/c1-6-16(5)14(17)18-13-9-7-8-12(10-13)11(2)15(3)4;5-1(3(7)8)2(6)4(9)10/h7-11H,6H2,1-5H3;1-2,5-6H,(H,7,8)(H,9,10)/t;1-,2-/m.0/s1/i3D3,4D3;. The third-order valence-electron chi connectivity index (χ3n) is 3.52. The number of nitrogens with zero attached hydrogens (tertiary/aromatic N) is 2. The maximum atomic E-state index is 11.8. The molecule has 158 valence electrons. The Bertz CT molecular complexity index is 816. The fourth-order valence-electron chi connectivity index (χ4n) is 1.56. The number of carbonyl (C=O) groups excluding carboxylic acids is 1. The van der Waals surface area contributed by atoms with E-state index in [0.29, 0.717) is 17.0 Å². The molecule has 0 radical (unpaired) electrons. The minimum atomic E-state index is -2.79. The number of aliphatic hydroxyl groups excluding tert-OH is 2. The Morgan fingerprint density at radius 3 is 2.11 bits per heavy atom. The van der Waals surface area contributed by atoms with Crippen LogP contribution in [0.25, 0.3) is 0 Å². The van der Waals surface area contributed by atoms with Crippen molar-refractivity contribution in [2.75, 3.05) is 27.5 Å². The summed E-state index contributed by atoms with van der Waals surface area (Å²) in [4.78, 5) is 33.2. The second-order valence-electron chi connectivity index (χ2n) is 5.57. The summed E-state index contributed by atoms with van der Waals surface area (Å²) in [7, 11) is 1.58. The van der Waals surface area contributed by atoms with E-state index in [1.54, 1.807) is 32.2 Å². The van der Waals surface area contributed by atoms with Crippen molar-refractivity contribution in [3.05, 3.63) is 29.8 Å². The Balaban J connectivity index is 0.000000916. The molecule has 0 aliphatic carbocycles. The van der Waals surface area contributed by atoms with Crippen molar-refractivity contribution in [2.24, 2.45) is 0 Å². The average molecular weight is 406 g/mol. The molecule has 1 aromatic rings. The number of rotatable bonds is 7. The van der Waals surface area contributed by atoms with Gasteiger partial charge in [-0.05, 0) is 45.5 Å². The van der Waals surface area contributed by atoms with Gasteiger partial charge in [0, 0.05) is 27.9 Å². The fourth-order valence-corrected chi connectivity index (χ4v) is 1.56. The SMILES string of the molecule is O=C(O)[C@@H](O)[C@H](O)C(=O)O.[2H]C([2H])([2H])N(C(C)c1cccc(OC(=O)N(C)CC)c1)C([2H])([2H])[2H]. The first-order valence-electron chi connectivity index (χ1n) is 11.0. The summed E-state index contributed by atoms with van der Waals surface area (Å²) < 4.78 is 50.1. The lowest BCUT2D eigenvalue weighted by Gasteiger charge is -2.21. The number of ether oxygens (including phenoxy) is 1. The van der Waals surface area contributed by atoms with E-state index < -0.39 is 50.2 Å². The van der Waals surface area contributed by atoms with E-state index in [1.807, 2.05) is 0 Å². The lowest BCUT2D eigenvalue weighted by Crippen LogP contribution is -2.39. The summed E-state index contributed by atoms with van der Waals surface area (Å²) in [5.74, 6) is -3.31. The number of amides is 1. The van der Waals surface area contributed by atoms with Crippen molar-refractivity contribution in [3.63, 3.8) is 0 Å². The van der Waals surface area contributed by atoms with E-state index in [0.717, 1.165) is 0 Å². The van der Waals surface area contributed by atoms with Crippen molar-refractivity contribution in [1.82, 2.24) is 9.80 Å². The largest absolute Gasteiger partial charge is 0.479 e. The van der Waals surface area contributed by atoms with Gasteiger partial charge in [-0.15, -0.1) is 0 Å². The molecule has 0 saturated carbocycles. The highest BCUT2D eigenvalue weighted by molar-refractivity contribution is 5.83. The second-order valence-corrected chi connectivity index (χ2v) is 5.57. The van der Waals surface area contributed by atoms with Gasteiger partial charge in [0.1, 0.15) is 5.75 Å². The number of benzene rings is 1. The zero-order chi connectivity index (χ0) is 27.0. The summed E-state index contributed by atoms with van der Waals surface area (Å²) >= 11 is 0. The van der Waals surface area contributed by atoms with Crippen molar-refractivity contribution in [1.29, 1.82) is 0 Å². The highest BCUT2D eigenvalue weighted by atomic mass is 16.6. The Morgan fingerprint density at radius 2 is 1.68 bits per heavy atom. The van der Waals surface area contributed by atoms with Crippen LogP contribution < -0.4 is 4.74 Å². The van der Waals surface area contributed by atoms with E-state index in [9.17, 15) is 14.4 Å².